The van der Waals surface area contributed by atoms with Crippen molar-refractivity contribution >= 4 is 12.2 Å². The van der Waals surface area contributed by atoms with E-state index in [2.05, 4.69) is 20.7 Å². The van der Waals surface area contributed by atoms with Crippen molar-refractivity contribution in [1.29, 1.82) is 0 Å². The summed E-state index contributed by atoms with van der Waals surface area (Å²) in [6.07, 6.45) is 2.43. The second-order valence-corrected chi connectivity index (χ2v) is 3.56. The summed E-state index contributed by atoms with van der Waals surface area (Å²) in [5.41, 5.74) is 0.656. The highest BCUT2D eigenvalue weighted by Gasteiger charge is 2.21. The van der Waals surface area contributed by atoms with Gasteiger partial charge in [-0.05, 0) is 0 Å². The Morgan fingerprint density at radius 3 is 2.87 bits per heavy atom. The first-order valence-electron chi connectivity index (χ1n) is 4.73. The average molecular weight is 210 g/mol. The molecule has 0 aliphatic carbocycles. The van der Waals surface area contributed by atoms with Crippen molar-refractivity contribution in [3.8, 4) is 0 Å². The van der Waals surface area contributed by atoms with Crippen molar-refractivity contribution in [1.82, 2.24) is 20.7 Å². The number of H-pyrrole nitrogens is 1. The number of nitrogens with zero attached hydrogens (tertiary/aromatic N) is 2. The van der Waals surface area contributed by atoms with E-state index in [1.54, 1.807) is 13.8 Å². The molecule has 0 spiro atoms. The number of amides is 1. The topological polar surface area (TPSA) is 87.7 Å². The van der Waals surface area contributed by atoms with Crippen LogP contribution in [0.25, 0.3) is 0 Å². The van der Waals surface area contributed by atoms with E-state index < -0.39 is 6.04 Å². The number of carbonyl (C=O) groups excluding carboxylic acids is 2. The molecule has 6 nitrogen and oxygen atoms in total. The zero-order chi connectivity index (χ0) is 11.3. The van der Waals surface area contributed by atoms with Crippen LogP contribution in [0.3, 0.4) is 0 Å². The third-order valence-electron chi connectivity index (χ3n) is 2.06. The van der Waals surface area contributed by atoms with Crippen LogP contribution >= 0.6 is 0 Å². The van der Waals surface area contributed by atoms with Crippen LogP contribution in [0, 0.1) is 5.92 Å². The van der Waals surface area contributed by atoms with Gasteiger partial charge in [-0.3, -0.25) is 9.59 Å². The maximum absolute atomic E-state index is 11.7. The number of aromatic amines is 1. The monoisotopic (exact) mass is 210 g/mol. The first kappa shape index (κ1) is 11.4. The van der Waals surface area contributed by atoms with E-state index >= 15 is 0 Å². The standard InChI is InChI=1S/C9H14N4O2/c1-6(2)9(15)8(10-5-14)3-7-4-11-13-12-7/h4-6,8H,3H2,1-2H3,(H,10,14)(H,11,12,13)/t8-/m0/s1. The molecule has 0 fully saturated rings. The smallest absolute Gasteiger partial charge is 0.207 e. The van der Waals surface area contributed by atoms with Crippen LogP contribution in [-0.2, 0) is 16.0 Å². The molecule has 0 radical (unpaired) electrons. The lowest BCUT2D eigenvalue weighted by Gasteiger charge is -2.15. The van der Waals surface area contributed by atoms with Gasteiger partial charge < -0.3 is 5.32 Å². The van der Waals surface area contributed by atoms with Crippen LogP contribution in [0.1, 0.15) is 19.5 Å². The molecule has 82 valence electrons. The summed E-state index contributed by atoms with van der Waals surface area (Å²) in [4.78, 5) is 22.0. The molecule has 6 heteroatoms. The van der Waals surface area contributed by atoms with Gasteiger partial charge in [0.2, 0.25) is 6.41 Å². The number of rotatable bonds is 6. The van der Waals surface area contributed by atoms with Gasteiger partial charge in [0.15, 0.2) is 5.78 Å². The number of Topliss-reactive ketones (excluding diaryl/α,β-unsaturated/α-hetero) is 1. The average Bonchev–Trinajstić information content (AvgIpc) is 2.68. The summed E-state index contributed by atoms with van der Waals surface area (Å²) in [6.45, 7) is 3.59. The third-order valence-corrected chi connectivity index (χ3v) is 2.06. The Morgan fingerprint density at radius 2 is 2.40 bits per heavy atom. The molecule has 2 N–H and O–H groups in total. The van der Waals surface area contributed by atoms with E-state index in [0.29, 0.717) is 18.5 Å². The Bertz CT molecular complexity index is 321. The number of hydrogen-bond donors (Lipinski definition) is 2. The Kier molecular flexibility index (Phi) is 3.96. The van der Waals surface area contributed by atoms with E-state index in [1.165, 1.54) is 6.20 Å². The summed E-state index contributed by atoms with van der Waals surface area (Å²) in [7, 11) is 0. The zero-order valence-corrected chi connectivity index (χ0v) is 8.73. The molecule has 1 heterocycles. The Balaban J connectivity index is 2.66. The Morgan fingerprint density at radius 1 is 1.67 bits per heavy atom. The fourth-order valence-corrected chi connectivity index (χ4v) is 1.26. The van der Waals surface area contributed by atoms with E-state index in [1.807, 2.05) is 0 Å². The second kappa shape index (κ2) is 5.23. The van der Waals surface area contributed by atoms with E-state index in [9.17, 15) is 9.59 Å². The molecule has 1 aromatic rings. The number of nitrogens with one attached hydrogen (secondary N) is 2. The molecule has 1 atom stereocenters. The minimum Gasteiger partial charge on any atom is -0.348 e. The molecule has 0 aliphatic heterocycles. The van der Waals surface area contributed by atoms with E-state index in [4.69, 9.17) is 0 Å². The molecule has 0 aliphatic rings. The normalized spacial score (nSPS) is 12.5. The van der Waals surface area contributed by atoms with Crippen molar-refractivity contribution in [2.24, 2.45) is 5.92 Å². The molecule has 1 aromatic heterocycles. The number of ketones is 1. The van der Waals surface area contributed by atoms with Gasteiger partial charge in [-0.2, -0.15) is 15.4 Å². The summed E-state index contributed by atoms with van der Waals surface area (Å²) >= 11 is 0. The predicted molar refractivity (Wildman–Crippen MR) is 52.9 cm³/mol. The van der Waals surface area contributed by atoms with Crippen molar-refractivity contribution in [2.75, 3.05) is 0 Å². The van der Waals surface area contributed by atoms with Crippen LogP contribution in [0.5, 0.6) is 0 Å². The van der Waals surface area contributed by atoms with Crippen molar-refractivity contribution < 1.29 is 9.59 Å². The molecule has 1 rings (SSSR count). The lowest BCUT2D eigenvalue weighted by molar-refractivity contribution is -0.126. The highest BCUT2D eigenvalue weighted by Crippen LogP contribution is 2.04. The van der Waals surface area contributed by atoms with Crippen LogP contribution in [-0.4, -0.2) is 33.6 Å². The van der Waals surface area contributed by atoms with Crippen molar-refractivity contribution in [3.63, 3.8) is 0 Å². The van der Waals surface area contributed by atoms with Crippen LogP contribution in [0.4, 0.5) is 0 Å². The lowest BCUT2D eigenvalue weighted by Crippen LogP contribution is -2.40. The highest BCUT2D eigenvalue weighted by molar-refractivity contribution is 5.87. The summed E-state index contributed by atoms with van der Waals surface area (Å²) in [6, 6.07) is -0.521. The predicted octanol–water partition coefficient (Wildman–Crippen LogP) is -0.313. The van der Waals surface area contributed by atoms with Gasteiger partial charge in [0, 0.05) is 12.3 Å². The minimum absolute atomic E-state index is 0.00917. The first-order chi connectivity index (χ1) is 7.15. The maximum atomic E-state index is 11.7. The molecular formula is C9H14N4O2. The molecule has 0 saturated heterocycles. The maximum Gasteiger partial charge on any atom is 0.207 e. The van der Waals surface area contributed by atoms with Crippen LogP contribution in [0.2, 0.25) is 0 Å². The Hall–Kier alpha value is -1.72. The first-order valence-corrected chi connectivity index (χ1v) is 4.73. The van der Waals surface area contributed by atoms with Crippen molar-refractivity contribution in [3.05, 3.63) is 11.9 Å². The van der Waals surface area contributed by atoms with Gasteiger partial charge in [0.1, 0.15) is 0 Å². The SMILES string of the molecule is CC(C)C(=O)[C@H](Cc1cn[nH]n1)NC=O. The van der Waals surface area contributed by atoms with Crippen LogP contribution in [0.15, 0.2) is 6.20 Å². The molecule has 1 amide bonds. The number of carbonyl (C=O) groups is 2. The quantitative estimate of drug-likeness (QED) is 0.630. The zero-order valence-electron chi connectivity index (χ0n) is 8.73. The number of aromatic nitrogens is 3. The van der Waals surface area contributed by atoms with E-state index in [0.717, 1.165) is 0 Å². The van der Waals surface area contributed by atoms with E-state index in [-0.39, 0.29) is 11.7 Å². The van der Waals surface area contributed by atoms with Crippen molar-refractivity contribution in [2.45, 2.75) is 26.3 Å². The van der Waals surface area contributed by atoms with Gasteiger partial charge in [0.05, 0.1) is 17.9 Å². The molecule has 0 bridgehead atoms. The lowest BCUT2D eigenvalue weighted by atomic mass is 9.98. The largest absolute Gasteiger partial charge is 0.348 e. The van der Waals surface area contributed by atoms with Gasteiger partial charge in [-0.15, -0.1) is 0 Å². The molecule has 0 aromatic carbocycles. The third kappa shape index (κ3) is 3.16. The fourth-order valence-electron chi connectivity index (χ4n) is 1.26. The van der Waals surface area contributed by atoms with Gasteiger partial charge in [-0.25, -0.2) is 0 Å². The summed E-state index contributed by atoms with van der Waals surface area (Å²) in [5, 5.41) is 12.4. The Labute approximate surface area is 87.4 Å². The van der Waals surface area contributed by atoms with Gasteiger partial charge in [-0.1, -0.05) is 13.8 Å². The molecule has 0 unspecified atom stereocenters. The molecule has 0 saturated carbocycles. The molecule has 15 heavy (non-hydrogen) atoms. The van der Waals surface area contributed by atoms with Crippen LogP contribution < -0.4 is 5.32 Å². The summed E-state index contributed by atoms with van der Waals surface area (Å²) < 4.78 is 0. The molecular weight excluding hydrogens is 196 g/mol. The fraction of sp³-hybridized carbons (Fsp3) is 0.556. The highest BCUT2D eigenvalue weighted by atomic mass is 16.1. The second-order valence-electron chi connectivity index (χ2n) is 3.56. The van der Waals surface area contributed by atoms with Gasteiger partial charge >= 0.3 is 0 Å². The minimum atomic E-state index is -0.521. The van der Waals surface area contributed by atoms with Gasteiger partial charge in [0.25, 0.3) is 0 Å². The number of hydrogen-bond acceptors (Lipinski definition) is 4. The summed E-state index contributed by atoms with van der Waals surface area (Å²) in [5.74, 6) is -0.126.